The van der Waals surface area contributed by atoms with Gasteiger partial charge in [-0.05, 0) is 12.3 Å². The number of hydrogen-bond donors (Lipinski definition) is 2. The molecule has 0 saturated heterocycles. The van der Waals surface area contributed by atoms with Crippen molar-refractivity contribution in [3.63, 3.8) is 0 Å². The van der Waals surface area contributed by atoms with Gasteiger partial charge in [-0.1, -0.05) is 13.8 Å². The molecule has 0 radical (unpaired) electrons. The Morgan fingerprint density at radius 2 is 1.88 bits per heavy atom. The van der Waals surface area contributed by atoms with Crippen molar-refractivity contribution in [2.24, 2.45) is 5.92 Å². The number of ether oxygens (including phenoxy) is 1. The molecule has 2 N–H and O–H groups in total. The molecule has 0 aromatic rings. The molecule has 0 saturated carbocycles. The van der Waals surface area contributed by atoms with Crippen LogP contribution >= 0.6 is 0 Å². The quantitative estimate of drug-likeness (QED) is 0.589. The van der Waals surface area contributed by atoms with Crippen LogP contribution in [-0.4, -0.2) is 38.6 Å². The Morgan fingerprint density at radius 3 is 2.44 bits per heavy atom. The molecule has 94 valence electrons. The summed E-state index contributed by atoms with van der Waals surface area (Å²) < 4.78 is 4.78. The second-order valence-electron chi connectivity index (χ2n) is 4.05. The zero-order valence-electron chi connectivity index (χ0n) is 10.3. The van der Waals surface area contributed by atoms with Gasteiger partial charge in [-0.25, -0.2) is 0 Å². The molecule has 0 aromatic heterocycles. The van der Waals surface area contributed by atoms with Crippen molar-refractivity contribution in [2.75, 3.05) is 26.8 Å². The number of rotatable bonds is 8. The third kappa shape index (κ3) is 9.45. The highest BCUT2D eigenvalue weighted by Gasteiger charge is 2.05. The topological polar surface area (TPSA) is 67.4 Å². The summed E-state index contributed by atoms with van der Waals surface area (Å²) in [7, 11) is 1.57. The van der Waals surface area contributed by atoms with Crippen LogP contribution < -0.4 is 10.6 Å². The lowest BCUT2D eigenvalue weighted by Gasteiger charge is -2.07. The van der Waals surface area contributed by atoms with E-state index in [4.69, 9.17) is 4.74 Å². The Morgan fingerprint density at radius 1 is 1.19 bits per heavy atom. The molecule has 0 unspecified atom stereocenters. The Hall–Kier alpha value is -1.10. The number of hydrogen-bond acceptors (Lipinski definition) is 3. The van der Waals surface area contributed by atoms with Gasteiger partial charge in [0.15, 0.2) is 0 Å². The van der Waals surface area contributed by atoms with E-state index in [2.05, 4.69) is 24.5 Å². The van der Waals surface area contributed by atoms with E-state index in [1.807, 2.05) is 0 Å². The maximum Gasteiger partial charge on any atom is 0.239 e. The number of methoxy groups -OCH3 is 1. The lowest BCUT2D eigenvalue weighted by molar-refractivity contribution is -0.126. The summed E-state index contributed by atoms with van der Waals surface area (Å²) in [5.74, 6) is 0.242. The summed E-state index contributed by atoms with van der Waals surface area (Å²) in [5, 5.41) is 5.20. The van der Waals surface area contributed by atoms with Crippen molar-refractivity contribution in [3.05, 3.63) is 0 Å². The molecule has 0 aliphatic heterocycles. The molecule has 2 amide bonds. The molecule has 0 rings (SSSR count). The van der Waals surface area contributed by atoms with E-state index in [1.54, 1.807) is 7.11 Å². The Labute approximate surface area is 96.9 Å². The van der Waals surface area contributed by atoms with Crippen LogP contribution in [0.1, 0.15) is 26.7 Å². The van der Waals surface area contributed by atoms with Crippen molar-refractivity contribution in [1.82, 2.24) is 10.6 Å². The van der Waals surface area contributed by atoms with Crippen LogP contribution in [-0.2, 0) is 14.3 Å². The molecule has 5 heteroatoms. The summed E-state index contributed by atoms with van der Waals surface area (Å²) in [4.78, 5) is 22.4. The van der Waals surface area contributed by atoms with E-state index in [-0.39, 0.29) is 18.4 Å². The monoisotopic (exact) mass is 230 g/mol. The first kappa shape index (κ1) is 14.9. The van der Waals surface area contributed by atoms with Crippen LogP contribution in [0.2, 0.25) is 0 Å². The summed E-state index contributed by atoms with van der Waals surface area (Å²) in [6.07, 6.45) is 1.32. The largest absolute Gasteiger partial charge is 0.383 e. The molecule has 0 aromatic carbocycles. The highest BCUT2D eigenvalue weighted by Crippen LogP contribution is 2.02. The standard InChI is InChI=1S/C11H22N2O3/c1-9(2)4-5-10(14)13-8-11(15)12-6-7-16-3/h9H,4-8H2,1-3H3,(H,12,15)(H,13,14). The summed E-state index contributed by atoms with van der Waals surface area (Å²) in [6, 6.07) is 0. The second kappa shape index (κ2) is 9.15. The molecule has 0 fully saturated rings. The lowest BCUT2D eigenvalue weighted by atomic mass is 10.1. The van der Waals surface area contributed by atoms with Crippen molar-refractivity contribution in [1.29, 1.82) is 0 Å². The minimum absolute atomic E-state index is 0.0423. The predicted molar refractivity (Wildman–Crippen MR) is 62.0 cm³/mol. The molecular formula is C11H22N2O3. The first-order valence-electron chi connectivity index (χ1n) is 5.58. The van der Waals surface area contributed by atoms with Gasteiger partial charge in [-0.15, -0.1) is 0 Å². The van der Waals surface area contributed by atoms with Crippen molar-refractivity contribution < 1.29 is 14.3 Å². The van der Waals surface area contributed by atoms with E-state index in [0.717, 1.165) is 6.42 Å². The zero-order chi connectivity index (χ0) is 12.4. The number of carbonyl (C=O) groups is 2. The molecule has 16 heavy (non-hydrogen) atoms. The van der Waals surface area contributed by atoms with E-state index in [0.29, 0.717) is 25.5 Å². The fourth-order valence-corrected chi connectivity index (χ4v) is 1.04. The van der Waals surface area contributed by atoms with Gasteiger partial charge in [-0.2, -0.15) is 0 Å². The molecular weight excluding hydrogens is 208 g/mol. The zero-order valence-corrected chi connectivity index (χ0v) is 10.3. The molecule has 0 heterocycles. The maximum absolute atomic E-state index is 11.3. The average molecular weight is 230 g/mol. The Balaban J connectivity index is 3.47. The van der Waals surface area contributed by atoms with Crippen molar-refractivity contribution in [2.45, 2.75) is 26.7 Å². The van der Waals surface area contributed by atoms with Crippen LogP contribution in [0.25, 0.3) is 0 Å². The van der Waals surface area contributed by atoms with Crippen LogP contribution in [0.5, 0.6) is 0 Å². The minimum atomic E-state index is -0.185. The van der Waals surface area contributed by atoms with Gasteiger partial charge in [-0.3, -0.25) is 9.59 Å². The van der Waals surface area contributed by atoms with E-state index in [1.165, 1.54) is 0 Å². The Bertz CT molecular complexity index is 217. The summed E-state index contributed by atoms with van der Waals surface area (Å²) >= 11 is 0. The van der Waals surface area contributed by atoms with Crippen LogP contribution in [0.4, 0.5) is 0 Å². The van der Waals surface area contributed by atoms with Gasteiger partial charge in [0, 0.05) is 20.1 Å². The van der Waals surface area contributed by atoms with Crippen molar-refractivity contribution >= 4 is 11.8 Å². The first-order valence-corrected chi connectivity index (χ1v) is 5.58. The number of amides is 2. The molecule has 0 spiro atoms. The smallest absolute Gasteiger partial charge is 0.239 e. The fourth-order valence-electron chi connectivity index (χ4n) is 1.04. The van der Waals surface area contributed by atoms with Crippen LogP contribution in [0.15, 0.2) is 0 Å². The Kier molecular flexibility index (Phi) is 8.52. The van der Waals surface area contributed by atoms with E-state index >= 15 is 0 Å². The predicted octanol–water partition coefficient (Wildman–Crippen LogP) is 0.301. The van der Waals surface area contributed by atoms with Gasteiger partial charge in [0.2, 0.25) is 11.8 Å². The highest BCUT2D eigenvalue weighted by molar-refractivity contribution is 5.84. The summed E-state index contributed by atoms with van der Waals surface area (Å²) in [6.45, 7) is 5.11. The third-order valence-corrected chi connectivity index (χ3v) is 2.02. The summed E-state index contributed by atoms with van der Waals surface area (Å²) in [5.41, 5.74) is 0. The SMILES string of the molecule is COCCNC(=O)CNC(=O)CCC(C)C. The molecule has 0 aliphatic carbocycles. The average Bonchev–Trinajstić information content (AvgIpc) is 2.24. The van der Waals surface area contributed by atoms with Gasteiger partial charge in [0.25, 0.3) is 0 Å². The van der Waals surface area contributed by atoms with Gasteiger partial charge >= 0.3 is 0 Å². The van der Waals surface area contributed by atoms with E-state index in [9.17, 15) is 9.59 Å². The first-order chi connectivity index (χ1) is 7.56. The third-order valence-electron chi connectivity index (χ3n) is 2.02. The maximum atomic E-state index is 11.3. The second-order valence-corrected chi connectivity index (χ2v) is 4.05. The number of carbonyl (C=O) groups excluding carboxylic acids is 2. The van der Waals surface area contributed by atoms with Crippen molar-refractivity contribution in [3.8, 4) is 0 Å². The lowest BCUT2D eigenvalue weighted by Crippen LogP contribution is -2.38. The van der Waals surface area contributed by atoms with Gasteiger partial charge in [0.1, 0.15) is 0 Å². The van der Waals surface area contributed by atoms with Crippen LogP contribution in [0.3, 0.4) is 0 Å². The minimum Gasteiger partial charge on any atom is -0.383 e. The van der Waals surface area contributed by atoms with E-state index < -0.39 is 0 Å². The highest BCUT2D eigenvalue weighted by atomic mass is 16.5. The number of nitrogens with one attached hydrogen (secondary N) is 2. The fraction of sp³-hybridized carbons (Fsp3) is 0.818. The normalized spacial score (nSPS) is 10.2. The molecule has 0 bridgehead atoms. The van der Waals surface area contributed by atoms with Crippen LogP contribution in [0, 0.1) is 5.92 Å². The molecule has 0 aliphatic rings. The molecule has 0 atom stereocenters. The molecule has 5 nitrogen and oxygen atoms in total. The van der Waals surface area contributed by atoms with Gasteiger partial charge < -0.3 is 15.4 Å². The van der Waals surface area contributed by atoms with Gasteiger partial charge in [0.05, 0.1) is 13.2 Å².